The quantitative estimate of drug-likeness (QED) is 0.734. The molecule has 0 spiro atoms. The van der Waals surface area contributed by atoms with E-state index >= 15 is 0 Å². The van der Waals surface area contributed by atoms with Crippen LogP contribution in [-0.4, -0.2) is 16.2 Å². The minimum atomic E-state index is -0.720. The fraction of sp³-hybridized carbons (Fsp3) is 0.562. The molecule has 19 heavy (non-hydrogen) atoms. The first-order chi connectivity index (χ1) is 8.93. The molecule has 2 N–H and O–H groups in total. The first-order valence-corrected chi connectivity index (χ1v) is 6.94. The van der Waals surface area contributed by atoms with Gasteiger partial charge >= 0.3 is 5.97 Å². The van der Waals surface area contributed by atoms with E-state index in [-0.39, 0.29) is 6.42 Å². The summed E-state index contributed by atoms with van der Waals surface area (Å²) in [5, 5.41) is 18.7. The Labute approximate surface area is 115 Å². The fourth-order valence-electron chi connectivity index (χ4n) is 2.37. The third-order valence-electron chi connectivity index (χ3n) is 3.71. The summed E-state index contributed by atoms with van der Waals surface area (Å²) in [5.41, 5.74) is 4.28. The van der Waals surface area contributed by atoms with Crippen molar-refractivity contribution in [3.8, 4) is 5.75 Å². The first-order valence-electron chi connectivity index (χ1n) is 6.94. The molecule has 1 rings (SSSR count). The Kier molecular flexibility index (Phi) is 5.87. The lowest BCUT2D eigenvalue weighted by molar-refractivity contribution is -0.137. The van der Waals surface area contributed by atoms with Crippen LogP contribution in [0.3, 0.4) is 0 Å². The molecule has 0 unspecified atom stereocenters. The number of rotatable bonds is 7. The van der Waals surface area contributed by atoms with Gasteiger partial charge in [0.05, 0.1) is 0 Å². The van der Waals surface area contributed by atoms with E-state index in [2.05, 4.69) is 6.07 Å². The molecule has 0 bridgehead atoms. The number of aryl methyl sites for hydroxylation is 2. The molecule has 0 aromatic heterocycles. The maximum Gasteiger partial charge on any atom is 0.303 e. The number of aromatic hydroxyl groups is 1. The molecular formula is C16H24O3. The Hall–Kier alpha value is -1.51. The van der Waals surface area contributed by atoms with Crippen molar-refractivity contribution in [1.82, 2.24) is 0 Å². The average Bonchev–Trinajstić information content (AvgIpc) is 2.34. The highest BCUT2D eigenvalue weighted by Crippen LogP contribution is 2.29. The normalized spacial score (nSPS) is 10.7. The van der Waals surface area contributed by atoms with E-state index in [9.17, 15) is 9.90 Å². The molecule has 0 fully saturated rings. The van der Waals surface area contributed by atoms with E-state index in [1.54, 1.807) is 0 Å². The van der Waals surface area contributed by atoms with Crippen LogP contribution in [0.1, 0.15) is 54.4 Å². The number of carbonyl (C=O) groups is 1. The SMILES string of the molecule is Cc1cc(C)c(CCCCCCC(=O)O)c(O)c1C. The Morgan fingerprint density at radius 3 is 2.32 bits per heavy atom. The zero-order chi connectivity index (χ0) is 14.4. The molecule has 0 radical (unpaired) electrons. The molecule has 3 heteroatoms. The van der Waals surface area contributed by atoms with Crippen LogP contribution < -0.4 is 0 Å². The lowest BCUT2D eigenvalue weighted by Crippen LogP contribution is -1.96. The summed E-state index contributed by atoms with van der Waals surface area (Å²) in [4.78, 5) is 10.4. The van der Waals surface area contributed by atoms with Crippen molar-refractivity contribution in [2.45, 2.75) is 59.3 Å². The third-order valence-corrected chi connectivity index (χ3v) is 3.71. The van der Waals surface area contributed by atoms with Gasteiger partial charge in [-0.3, -0.25) is 4.79 Å². The van der Waals surface area contributed by atoms with Crippen molar-refractivity contribution < 1.29 is 15.0 Å². The highest BCUT2D eigenvalue weighted by atomic mass is 16.4. The molecule has 0 aliphatic carbocycles. The molecular weight excluding hydrogens is 240 g/mol. The maximum atomic E-state index is 10.4. The second-order valence-electron chi connectivity index (χ2n) is 5.27. The number of unbranched alkanes of at least 4 members (excludes halogenated alkanes) is 3. The van der Waals surface area contributed by atoms with Gasteiger partial charge in [-0.25, -0.2) is 0 Å². The zero-order valence-corrected chi connectivity index (χ0v) is 12.1. The predicted molar refractivity (Wildman–Crippen MR) is 76.7 cm³/mol. The molecule has 0 saturated heterocycles. The number of aliphatic carboxylic acids is 1. The van der Waals surface area contributed by atoms with Crippen molar-refractivity contribution in [1.29, 1.82) is 0 Å². The third kappa shape index (κ3) is 4.58. The second kappa shape index (κ2) is 7.17. The van der Waals surface area contributed by atoms with Gasteiger partial charge < -0.3 is 10.2 Å². The predicted octanol–water partition coefficient (Wildman–Crippen LogP) is 3.90. The van der Waals surface area contributed by atoms with E-state index in [1.165, 1.54) is 0 Å². The number of carboxylic acids is 1. The van der Waals surface area contributed by atoms with Crippen molar-refractivity contribution in [2.24, 2.45) is 0 Å². The lowest BCUT2D eigenvalue weighted by atomic mass is 9.95. The molecule has 0 saturated carbocycles. The van der Waals surface area contributed by atoms with Crippen LogP contribution in [0.4, 0.5) is 0 Å². The number of benzene rings is 1. The van der Waals surface area contributed by atoms with Gasteiger partial charge in [0, 0.05) is 6.42 Å². The van der Waals surface area contributed by atoms with Crippen LogP contribution >= 0.6 is 0 Å². The summed E-state index contributed by atoms with van der Waals surface area (Å²) in [6, 6.07) is 2.12. The van der Waals surface area contributed by atoms with Gasteiger partial charge in [0.15, 0.2) is 0 Å². The first kappa shape index (κ1) is 15.5. The van der Waals surface area contributed by atoms with Crippen molar-refractivity contribution >= 4 is 5.97 Å². The number of phenolic OH excluding ortho intramolecular Hbond substituents is 1. The van der Waals surface area contributed by atoms with Crippen LogP contribution in [0.2, 0.25) is 0 Å². The Bertz CT molecular complexity index is 450. The summed E-state index contributed by atoms with van der Waals surface area (Å²) in [6.45, 7) is 5.99. The number of hydrogen-bond acceptors (Lipinski definition) is 2. The summed E-state index contributed by atoms with van der Waals surface area (Å²) >= 11 is 0. The van der Waals surface area contributed by atoms with Gasteiger partial charge in [-0.05, 0) is 62.3 Å². The standard InChI is InChI=1S/C16H24O3/c1-11-10-12(2)14(16(19)13(11)3)8-6-4-5-7-9-15(17)18/h10,19H,4-9H2,1-3H3,(H,17,18). The molecule has 0 aliphatic rings. The van der Waals surface area contributed by atoms with Crippen LogP contribution in [0, 0.1) is 20.8 Å². The van der Waals surface area contributed by atoms with Gasteiger partial charge in [-0.15, -0.1) is 0 Å². The molecule has 0 atom stereocenters. The van der Waals surface area contributed by atoms with E-state index in [0.717, 1.165) is 54.4 Å². The Morgan fingerprint density at radius 1 is 1.05 bits per heavy atom. The van der Waals surface area contributed by atoms with Crippen LogP contribution in [0.15, 0.2) is 6.07 Å². The zero-order valence-electron chi connectivity index (χ0n) is 12.1. The van der Waals surface area contributed by atoms with Gasteiger partial charge in [0.1, 0.15) is 5.75 Å². The van der Waals surface area contributed by atoms with Gasteiger partial charge in [-0.1, -0.05) is 18.9 Å². The van der Waals surface area contributed by atoms with Crippen LogP contribution in [0.25, 0.3) is 0 Å². The lowest BCUT2D eigenvalue weighted by Gasteiger charge is -2.13. The topological polar surface area (TPSA) is 57.5 Å². The minimum Gasteiger partial charge on any atom is -0.507 e. The largest absolute Gasteiger partial charge is 0.507 e. The van der Waals surface area contributed by atoms with Crippen molar-refractivity contribution in [2.75, 3.05) is 0 Å². The molecule has 3 nitrogen and oxygen atoms in total. The highest BCUT2D eigenvalue weighted by Gasteiger charge is 2.10. The fourth-order valence-corrected chi connectivity index (χ4v) is 2.37. The molecule has 1 aromatic rings. The molecule has 0 aliphatic heterocycles. The number of phenols is 1. The number of carboxylic acid groups (broad SMARTS) is 1. The molecule has 0 amide bonds. The average molecular weight is 264 g/mol. The van der Waals surface area contributed by atoms with Gasteiger partial charge in [-0.2, -0.15) is 0 Å². The monoisotopic (exact) mass is 264 g/mol. The van der Waals surface area contributed by atoms with Crippen LogP contribution in [-0.2, 0) is 11.2 Å². The van der Waals surface area contributed by atoms with E-state index < -0.39 is 5.97 Å². The van der Waals surface area contributed by atoms with Gasteiger partial charge in [0.2, 0.25) is 0 Å². The van der Waals surface area contributed by atoms with Crippen LogP contribution in [0.5, 0.6) is 5.75 Å². The van der Waals surface area contributed by atoms with Gasteiger partial charge in [0.25, 0.3) is 0 Å². The summed E-state index contributed by atoms with van der Waals surface area (Å²) < 4.78 is 0. The van der Waals surface area contributed by atoms with E-state index in [0.29, 0.717) is 5.75 Å². The number of hydrogen-bond donors (Lipinski definition) is 2. The van der Waals surface area contributed by atoms with E-state index in [1.807, 2.05) is 20.8 Å². The Morgan fingerprint density at radius 2 is 1.68 bits per heavy atom. The summed E-state index contributed by atoms with van der Waals surface area (Å²) in [6.07, 6.45) is 4.82. The minimum absolute atomic E-state index is 0.258. The van der Waals surface area contributed by atoms with Crippen molar-refractivity contribution in [3.63, 3.8) is 0 Å². The smallest absolute Gasteiger partial charge is 0.303 e. The van der Waals surface area contributed by atoms with Crippen molar-refractivity contribution in [3.05, 3.63) is 28.3 Å². The molecule has 0 heterocycles. The van der Waals surface area contributed by atoms with E-state index in [4.69, 9.17) is 5.11 Å². The highest BCUT2D eigenvalue weighted by molar-refractivity contribution is 5.66. The second-order valence-corrected chi connectivity index (χ2v) is 5.27. The maximum absolute atomic E-state index is 10.4. The Balaban J connectivity index is 2.46. The molecule has 106 valence electrons. The molecule has 1 aromatic carbocycles. The summed E-state index contributed by atoms with van der Waals surface area (Å²) in [5.74, 6) is -0.286. The summed E-state index contributed by atoms with van der Waals surface area (Å²) in [7, 11) is 0.